The van der Waals surface area contributed by atoms with E-state index in [4.69, 9.17) is 55.5 Å². The van der Waals surface area contributed by atoms with Gasteiger partial charge in [-0.15, -0.1) is 0 Å². The Labute approximate surface area is 501 Å². The first-order chi connectivity index (χ1) is 38.1. The number of halogens is 6. The lowest BCUT2D eigenvalue weighted by Crippen LogP contribution is -2.49. The molecule has 0 bridgehead atoms. The molecule has 2 fully saturated rings. The number of benzene rings is 4. The molecule has 10 atom stereocenters. The predicted molar refractivity (Wildman–Crippen MR) is 310 cm³/mol. The summed E-state index contributed by atoms with van der Waals surface area (Å²) in [5.41, 5.74) is -0.849. The molecule has 0 saturated carbocycles. The zero-order chi connectivity index (χ0) is 60.7. The number of anilines is 2. The van der Waals surface area contributed by atoms with Crippen molar-refractivity contribution in [3.8, 4) is 0 Å². The van der Waals surface area contributed by atoms with Gasteiger partial charge in [0.05, 0.1) is 41.4 Å². The van der Waals surface area contributed by atoms with Gasteiger partial charge in [-0.3, -0.25) is 28.3 Å². The third-order valence-electron chi connectivity index (χ3n) is 14.8. The van der Waals surface area contributed by atoms with Crippen molar-refractivity contribution in [1.82, 2.24) is 21.3 Å². The lowest BCUT2D eigenvalue weighted by atomic mass is 9.62. The molecule has 2 saturated heterocycles. The fourth-order valence-electron chi connectivity index (χ4n) is 11.8. The van der Waals surface area contributed by atoms with Gasteiger partial charge in [-0.05, 0) is 107 Å². The van der Waals surface area contributed by atoms with Crippen LogP contribution in [0.15, 0.2) is 72.8 Å². The molecule has 0 aliphatic carbocycles. The number of fused-ring (bicyclic) bond motifs is 4. The van der Waals surface area contributed by atoms with Crippen LogP contribution < -0.4 is 31.9 Å². The van der Waals surface area contributed by atoms with Crippen molar-refractivity contribution in [2.45, 2.75) is 134 Å². The summed E-state index contributed by atoms with van der Waals surface area (Å²) < 4.78 is 99.7. The molecular weight excluding hydrogens is 1210 g/mol. The summed E-state index contributed by atoms with van der Waals surface area (Å²) in [6, 6.07) is 15.6. The van der Waals surface area contributed by atoms with E-state index >= 15 is 0 Å². The van der Waals surface area contributed by atoms with Crippen LogP contribution in [0.5, 0.6) is 0 Å². The molecule has 4 aromatic carbocycles. The average molecular weight is 1280 g/mol. The van der Waals surface area contributed by atoms with Gasteiger partial charge in [0.1, 0.15) is 28.6 Å². The minimum Gasteiger partial charge on any atom is -0.394 e. The molecule has 4 aliphatic rings. The van der Waals surface area contributed by atoms with Crippen molar-refractivity contribution in [3.05, 3.63) is 127 Å². The van der Waals surface area contributed by atoms with Crippen molar-refractivity contribution in [2.24, 2.45) is 10.8 Å². The van der Waals surface area contributed by atoms with Crippen LogP contribution in [-0.2, 0) is 59.2 Å². The maximum atomic E-state index is 15.0. The summed E-state index contributed by atoms with van der Waals surface area (Å²) in [6.45, 7) is 10.4. The predicted octanol–water partition coefficient (Wildman–Crippen LogP) is 7.77. The highest BCUT2D eigenvalue weighted by molar-refractivity contribution is 7.81. The number of carbonyl (C=O) groups excluding carboxylic acids is 4. The number of hydrogen-bond donors (Lipinski definition) is 10. The van der Waals surface area contributed by atoms with Gasteiger partial charge in [-0.2, -0.15) is 16.8 Å². The Hall–Kier alpha value is -4.64. The molecule has 20 nitrogen and oxygen atoms in total. The van der Waals surface area contributed by atoms with E-state index in [0.29, 0.717) is 56.5 Å². The summed E-state index contributed by atoms with van der Waals surface area (Å²) in [6.07, 6.45) is -1.93. The van der Waals surface area contributed by atoms with Crippen molar-refractivity contribution in [1.29, 1.82) is 0 Å². The second-order valence-corrected chi connectivity index (χ2v) is 26.9. The van der Waals surface area contributed by atoms with Crippen LogP contribution in [0.3, 0.4) is 0 Å². The second-order valence-electron chi connectivity index (χ2n) is 23.1. The molecule has 10 N–H and O–H groups in total. The van der Waals surface area contributed by atoms with E-state index in [0.717, 1.165) is 0 Å². The Kier molecular flexibility index (Phi) is 21.3. The zero-order valence-electron chi connectivity index (χ0n) is 45.2. The minimum absolute atomic E-state index is 0. The third kappa shape index (κ3) is 15.1. The van der Waals surface area contributed by atoms with Gasteiger partial charge < -0.3 is 42.1 Å². The molecule has 4 aromatic rings. The first kappa shape index (κ1) is 67.5. The van der Waals surface area contributed by atoms with Crippen LogP contribution in [0, 0.1) is 22.5 Å². The van der Waals surface area contributed by atoms with Gasteiger partial charge in [-0.1, -0.05) is 120 Å². The normalized spacial score (nSPS) is 24.5. The van der Waals surface area contributed by atoms with E-state index in [2.05, 4.69) is 40.3 Å². The molecule has 28 heteroatoms. The van der Waals surface area contributed by atoms with Crippen molar-refractivity contribution < 1.29 is 72.5 Å². The Morgan fingerprint density at radius 1 is 0.675 bits per heavy atom. The summed E-state index contributed by atoms with van der Waals surface area (Å²) in [5, 5.41) is 37.7. The molecule has 0 radical (unpaired) electrons. The number of nitrogens with one attached hydrogen (secondary N) is 6. The van der Waals surface area contributed by atoms with Gasteiger partial charge in [-0.25, -0.2) is 17.1 Å². The minimum atomic E-state index is -4.81. The van der Waals surface area contributed by atoms with E-state index in [1.807, 2.05) is 41.5 Å². The number of aliphatic hydroxyl groups excluding tert-OH is 2. The van der Waals surface area contributed by atoms with Crippen LogP contribution in [0.2, 0.25) is 20.1 Å². The average Bonchev–Trinajstić information content (AvgIpc) is 1.76. The fourth-order valence-corrected chi connectivity index (χ4v) is 13.4. The van der Waals surface area contributed by atoms with Gasteiger partial charge in [0.25, 0.3) is 0 Å². The molecule has 4 amide bonds. The highest BCUT2D eigenvalue weighted by Gasteiger charge is 2.67. The monoisotopic (exact) mass is 1280 g/mol. The topological polar surface area (TPSA) is 308 Å². The number of aliphatic hydroxyl groups is 2. The number of rotatable bonds is 18. The van der Waals surface area contributed by atoms with E-state index < -0.39 is 128 Å². The highest BCUT2D eigenvalue weighted by atomic mass is 35.5. The summed E-state index contributed by atoms with van der Waals surface area (Å²) >= 11 is 24.8. The molecule has 2 spiro atoms. The van der Waals surface area contributed by atoms with E-state index in [1.54, 1.807) is 48.5 Å². The quantitative estimate of drug-likeness (QED) is 0.0425. The molecule has 0 aromatic heterocycles. The fraction of sp³-hybridized carbons (Fsp3) is 0.491. The van der Waals surface area contributed by atoms with Crippen LogP contribution in [-0.4, -0.2) is 122 Å². The molecular formula is C55H68Cl4F2N6O14S2. The van der Waals surface area contributed by atoms with Crippen molar-refractivity contribution in [2.75, 3.05) is 36.9 Å². The smallest absolute Gasteiger partial charge is 0.394 e. The lowest BCUT2D eigenvalue weighted by Gasteiger charge is -2.37. The first-order valence-electron chi connectivity index (χ1n) is 25.9. The Morgan fingerprint density at radius 3 is 1.45 bits per heavy atom. The van der Waals surface area contributed by atoms with E-state index in [9.17, 15) is 55.0 Å². The summed E-state index contributed by atoms with van der Waals surface area (Å²) in [4.78, 5) is 55.6. The molecule has 456 valence electrons. The SMILES string of the molecule is C.CC(C)(C)CC1NC(C(=O)NCCC(CO)OS(=O)(=O)O)C(c2cccc(Cl)c2)C12C(=O)Nc1cc(Cl)c(F)cc12.CC(C)(C)CC1NC(C(=O)NCCC(O)COS(=O)(=O)O)C(c2cccc(Cl)c2)C12C(=O)Nc1cc(Cl)c(F)cc12. The van der Waals surface area contributed by atoms with Crippen molar-refractivity contribution in [3.63, 3.8) is 0 Å². The van der Waals surface area contributed by atoms with Crippen LogP contribution in [0.4, 0.5) is 20.2 Å². The van der Waals surface area contributed by atoms with Crippen molar-refractivity contribution >= 4 is 102 Å². The van der Waals surface area contributed by atoms with E-state index in [1.165, 1.54) is 24.3 Å². The van der Waals surface area contributed by atoms with E-state index in [-0.39, 0.29) is 54.2 Å². The zero-order valence-corrected chi connectivity index (χ0v) is 49.8. The Bertz CT molecular complexity index is 3340. The summed E-state index contributed by atoms with van der Waals surface area (Å²) in [7, 11) is -9.54. The number of carbonyl (C=O) groups is 4. The first-order valence-corrected chi connectivity index (χ1v) is 30.1. The van der Waals surface area contributed by atoms with Gasteiger partial charge in [0, 0.05) is 58.4 Å². The highest BCUT2D eigenvalue weighted by Crippen LogP contribution is 2.59. The molecule has 8 rings (SSSR count). The third-order valence-corrected chi connectivity index (χ3v) is 16.8. The molecule has 4 aliphatic heterocycles. The second kappa shape index (κ2) is 26.1. The lowest BCUT2D eigenvalue weighted by molar-refractivity contribution is -0.125. The van der Waals surface area contributed by atoms with Crippen LogP contribution in [0.1, 0.15) is 109 Å². The van der Waals surface area contributed by atoms with Gasteiger partial charge in [0.2, 0.25) is 23.6 Å². The Morgan fingerprint density at radius 2 is 1.08 bits per heavy atom. The number of hydrogen-bond acceptors (Lipinski definition) is 14. The summed E-state index contributed by atoms with van der Waals surface area (Å²) in [5.74, 6) is -4.93. The van der Waals surface area contributed by atoms with Crippen LogP contribution in [0.25, 0.3) is 0 Å². The largest absolute Gasteiger partial charge is 0.397 e. The molecule has 83 heavy (non-hydrogen) atoms. The number of amides is 4. The maximum absolute atomic E-state index is 15.0. The maximum Gasteiger partial charge on any atom is 0.397 e. The van der Waals surface area contributed by atoms with Gasteiger partial charge >= 0.3 is 20.8 Å². The standard InChI is InChI=1S/2C27H32Cl2FN3O7S.CH4/c1-26(2,3)12-21-27(17-10-19(30)18(29)11-20(17)32-25(27)36)22(14-5-4-6-15(28)9-14)23(33-21)24(35)31-8-7-16(34)13-40-41(37,38)39;1-26(2,3)12-21-27(17-10-19(30)18(29)11-20(17)32-25(27)36)22(14-5-4-6-15(28)9-14)23(33-21)24(35)31-8-7-16(13-34)40-41(37,38)39;/h2*4-6,9-11,16,21-23,33-34H,7-8,12-13H2,1-3H3,(H,31,35)(H,32,36)(H,37,38,39);1H4. The molecule has 4 heterocycles. The van der Waals surface area contributed by atoms with Crippen LogP contribution >= 0.6 is 46.4 Å². The molecule has 10 unspecified atom stereocenters. The Balaban J connectivity index is 0.000000263. The van der Waals surface area contributed by atoms with Gasteiger partial charge in [0.15, 0.2) is 0 Å².